The lowest BCUT2D eigenvalue weighted by Gasteiger charge is -2.32. The molecule has 0 unspecified atom stereocenters. The minimum Gasteiger partial charge on any atom is -0.338 e. The predicted octanol–water partition coefficient (Wildman–Crippen LogP) is 3.13. The standard InChI is InChI=1S/C19H17F3N2O3/c20-19(21,22)15-9-8-14(17(26)23-15)18(27)24-10-4-7-13(11-24)16(25)12-5-2-1-3-6-12/h1-3,5-6,8-9,13H,4,7,10-11H2,(H,23,26)/t13-/m0/s1. The average molecular weight is 378 g/mol. The number of aromatic nitrogens is 1. The van der Waals surface area contributed by atoms with Gasteiger partial charge in [0.1, 0.15) is 11.3 Å². The van der Waals surface area contributed by atoms with E-state index in [4.69, 9.17) is 0 Å². The number of alkyl halides is 3. The van der Waals surface area contributed by atoms with Crippen LogP contribution in [0.15, 0.2) is 47.3 Å². The molecule has 5 nitrogen and oxygen atoms in total. The Kier molecular flexibility index (Phi) is 5.16. The summed E-state index contributed by atoms with van der Waals surface area (Å²) >= 11 is 0. The number of nitrogens with one attached hydrogen (secondary N) is 1. The highest BCUT2D eigenvalue weighted by Crippen LogP contribution is 2.27. The molecule has 1 aromatic carbocycles. The molecule has 8 heteroatoms. The number of amides is 1. The zero-order valence-electron chi connectivity index (χ0n) is 14.3. The fraction of sp³-hybridized carbons (Fsp3) is 0.316. The molecule has 1 aromatic heterocycles. The van der Waals surface area contributed by atoms with E-state index in [1.165, 1.54) is 4.90 Å². The van der Waals surface area contributed by atoms with Gasteiger partial charge in [-0.3, -0.25) is 14.4 Å². The Morgan fingerprint density at radius 2 is 1.78 bits per heavy atom. The van der Waals surface area contributed by atoms with E-state index in [-0.39, 0.29) is 17.9 Å². The first-order valence-electron chi connectivity index (χ1n) is 8.46. The first-order chi connectivity index (χ1) is 12.8. The topological polar surface area (TPSA) is 70.2 Å². The van der Waals surface area contributed by atoms with Gasteiger partial charge in [-0.2, -0.15) is 13.2 Å². The predicted molar refractivity (Wildman–Crippen MR) is 91.5 cm³/mol. The normalized spacial score (nSPS) is 17.6. The molecule has 2 aromatic rings. The fourth-order valence-corrected chi connectivity index (χ4v) is 3.19. The lowest BCUT2D eigenvalue weighted by molar-refractivity contribution is -0.141. The number of nitrogens with zero attached hydrogens (tertiary/aromatic N) is 1. The number of hydrogen-bond acceptors (Lipinski definition) is 3. The van der Waals surface area contributed by atoms with Crippen molar-refractivity contribution in [3.05, 3.63) is 69.6 Å². The van der Waals surface area contributed by atoms with Crippen molar-refractivity contribution in [3.8, 4) is 0 Å². The van der Waals surface area contributed by atoms with Gasteiger partial charge in [0.25, 0.3) is 11.5 Å². The van der Waals surface area contributed by atoms with E-state index in [1.54, 1.807) is 35.3 Å². The van der Waals surface area contributed by atoms with Gasteiger partial charge in [0, 0.05) is 24.6 Å². The van der Waals surface area contributed by atoms with Gasteiger partial charge >= 0.3 is 6.18 Å². The van der Waals surface area contributed by atoms with Crippen LogP contribution in [-0.2, 0) is 6.18 Å². The number of halogens is 3. The van der Waals surface area contributed by atoms with Crippen LogP contribution in [0.2, 0.25) is 0 Å². The molecule has 0 bridgehead atoms. The second kappa shape index (κ2) is 7.38. The van der Waals surface area contributed by atoms with Crippen molar-refractivity contribution in [1.29, 1.82) is 0 Å². The van der Waals surface area contributed by atoms with Crippen molar-refractivity contribution >= 4 is 11.7 Å². The highest BCUT2D eigenvalue weighted by Gasteiger charge is 2.34. The van der Waals surface area contributed by atoms with Gasteiger partial charge in [0.15, 0.2) is 5.78 Å². The van der Waals surface area contributed by atoms with Gasteiger partial charge in [0.05, 0.1) is 0 Å². The summed E-state index contributed by atoms with van der Waals surface area (Å²) in [6, 6.07) is 10.2. The number of aromatic amines is 1. The number of Topliss-reactive ketones (excluding diaryl/α,β-unsaturated/α-hetero) is 1. The summed E-state index contributed by atoms with van der Waals surface area (Å²) in [7, 11) is 0. The van der Waals surface area contributed by atoms with Gasteiger partial charge in [-0.05, 0) is 25.0 Å². The molecule has 0 spiro atoms. The molecule has 1 atom stereocenters. The molecular weight excluding hydrogens is 361 g/mol. The maximum absolute atomic E-state index is 12.7. The smallest absolute Gasteiger partial charge is 0.338 e. The van der Waals surface area contributed by atoms with Crippen LogP contribution in [0, 0.1) is 5.92 Å². The Bertz CT molecular complexity index is 906. The summed E-state index contributed by atoms with van der Waals surface area (Å²) in [4.78, 5) is 40.2. The molecule has 1 aliphatic rings. The van der Waals surface area contributed by atoms with E-state index in [0.29, 0.717) is 31.0 Å². The first kappa shape index (κ1) is 18.9. The molecule has 1 saturated heterocycles. The van der Waals surface area contributed by atoms with E-state index in [1.807, 2.05) is 0 Å². The van der Waals surface area contributed by atoms with Crippen LogP contribution in [0.3, 0.4) is 0 Å². The Hall–Kier alpha value is -2.90. The van der Waals surface area contributed by atoms with Gasteiger partial charge in [-0.25, -0.2) is 0 Å². The zero-order valence-corrected chi connectivity index (χ0v) is 14.3. The minimum absolute atomic E-state index is 0.0885. The summed E-state index contributed by atoms with van der Waals surface area (Å²) in [5.41, 5.74) is -2.12. The largest absolute Gasteiger partial charge is 0.431 e. The molecule has 27 heavy (non-hydrogen) atoms. The van der Waals surface area contributed by atoms with Crippen LogP contribution in [-0.4, -0.2) is 34.7 Å². The third-order valence-corrected chi connectivity index (χ3v) is 4.58. The third-order valence-electron chi connectivity index (χ3n) is 4.58. The quantitative estimate of drug-likeness (QED) is 0.835. The lowest BCUT2D eigenvalue weighted by Crippen LogP contribution is -2.44. The molecule has 142 valence electrons. The Balaban J connectivity index is 1.77. The average Bonchev–Trinajstić information content (AvgIpc) is 2.67. The molecule has 3 rings (SSSR count). The number of benzene rings is 1. The van der Waals surface area contributed by atoms with Crippen LogP contribution in [0.5, 0.6) is 0 Å². The summed E-state index contributed by atoms with van der Waals surface area (Å²) in [5.74, 6) is -1.16. The number of H-pyrrole nitrogens is 1. The van der Waals surface area contributed by atoms with Crippen molar-refractivity contribution in [2.45, 2.75) is 19.0 Å². The van der Waals surface area contributed by atoms with Crippen LogP contribution >= 0.6 is 0 Å². The number of carbonyl (C=O) groups is 2. The number of hydrogen-bond donors (Lipinski definition) is 1. The molecule has 2 heterocycles. The Labute approximate surface area is 152 Å². The SMILES string of the molecule is O=C(c1ccccc1)[C@H]1CCCN(C(=O)c2ccc(C(F)(F)F)[nH]c2=O)C1. The number of likely N-dealkylation sites (tertiary alicyclic amines) is 1. The van der Waals surface area contributed by atoms with Crippen LogP contribution in [0.1, 0.15) is 39.3 Å². The second-order valence-corrected chi connectivity index (χ2v) is 6.43. The molecular formula is C19H17F3N2O3. The fourth-order valence-electron chi connectivity index (χ4n) is 3.19. The van der Waals surface area contributed by atoms with E-state index in [9.17, 15) is 27.6 Å². The van der Waals surface area contributed by atoms with Crippen molar-refractivity contribution < 1.29 is 22.8 Å². The van der Waals surface area contributed by atoms with Crippen molar-refractivity contribution in [2.24, 2.45) is 5.92 Å². The minimum atomic E-state index is -4.70. The van der Waals surface area contributed by atoms with Crippen LogP contribution in [0.4, 0.5) is 13.2 Å². The molecule has 0 saturated carbocycles. The third kappa shape index (κ3) is 4.10. The zero-order chi connectivity index (χ0) is 19.6. The van der Waals surface area contributed by atoms with Gasteiger partial charge < -0.3 is 9.88 Å². The van der Waals surface area contributed by atoms with Crippen molar-refractivity contribution in [2.75, 3.05) is 13.1 Å². The Morgan fingerprint density at radius 1 is 1.07 bits per heavy atom. The second-order valence-electron chi connectivity index (χ2n) is 6.43. The van der Waals surface area contributed by atoms with E-state index >= 15 is 0 Å². The van der Waals surface area contributed by atoms with Gasteiger partial charge in [-0.1, -0.05) is 30.3 Å². The maximum atomic E-state index is 12.7. The molecule has 1 aliphatic heterocycles. The molecule has 1 N–H and O–H groups in total. The molecule has 1 amide bonds. The number of pyridine rings is 1. The summed E-state index contributed by atoms with van der Waals surface area (Å²) in [6.07, 6.45) is -3.51. The van der Waals surface area contributed by atoms with E-state index in [2.05, 4.69) is 0 Å². The summed E-state index contributed by atoms with van der Waals surface area (Å²) in [5, 5.41) is 0. The highest BCUT2D eigenvalue weighted by molar-refractivity contribution is 5.99. The highest BCUT2D eigenvalue weighted by atomic mass is 19.4. The van der Waals surface area contributed by atoms with Gasteiger partial charge in [0.2, 0.25) is 0 Å². The van der Waals surface area contributed by atoms with Crippen LogP contribution in [0.25, 0.3) is 0 Å². The lowest BCUT2D eigenvalue weighted by atomic mass is 9.90. The monoisotopic (exact) mass is 378 g/mol. The maximum Gasteiger partial charge on any atom is 0.431 e. The van der Waals surface area contributed by atoms with E-state index < -0.39 is 29.3 Å². The number of rotatable bonds is 3. The van der Waals surface area contributed by atoms with Crippen molar-refractivity contribution in [3.63, 3.8) is 0 Å². The molecule has 0 radical (unpaired) electrons. The Morgan fingerprint density at radius 3 is 2.41 bits per heavy atom. The number of carbonyl (C=O) groups excluding carboxylic acids is 2. The van der Waals surface area contributed by atoms with Crippen LogP contribution < -0.4 is 5.56 Å². The number of piperidine rings is 1. The van der Waals surface area contributed by atoms with Gasteiger partial charge in [-0.15, -0.1) is 0 Å². The summed E-state index contributed by atoms with van der Waals surface area (Å²) < 4.78 is 38.0. The number of ketones is 1. The van der Waals surface area contributed by atoms with Crippen molar-refractivity contribution in [1.82, 2.24) is 9.88 Å². The molecule has 1 fully saturated rings. The summed E-state index contributed by atoms with van der Waals surface area (Å²) in [6.45, 7) is 0.477. The first-order valence-corrected chi connectivity index (χ1v) is 8.46. The molecule has 0 aliphatic carbocycles. The van der Waals surface area contributed by atoms with E-state index in [0.717, 1.165) is 6.07 Å².